The summed E-state index contributed by atoms with van der Waals surface area (Å²) in [5.41, 5.74) is 0.679. The van der Waals surface area contributed by atoms with Gasteiger partial charge >= 0.3 is 0 Å². The van der Waals surface area contributed by atoms with Gasteiger partial charge in [0.1, 0.15) is 25.6 Å². The maximum absolute atomic E-state index is 10.7. The van der Waals surface area contributed by atoms with Crippen molar-refractivity contribution in [3.63, 3.8) is 0 Å². The predicted octanol–water partition coefficient (Wildman–Crippen LogP) is 4.25. The number of hydrogen-bond donors (Lipinski definition) is 0. The number of nitro benzene ring substituents is 1. The first-order valence-electron chi connectivity index (χ1n) is 6.69. The quantitative estimate of drug-likeness (QED) is 0.605. The third-order valence-corrected chi connectivity index (χ3v) is 3.75. The average molecular weight is 356 g/mol. The number of nitrogens with zero attached hydrogens (tertiary/aromatic N) is 1. The molecule has 8 heteroatoms. The van der Waals surface area contributed by atoms with Crippen LogP contribution in [0, 0.1) is 10.1 Å². The molecule has 1 aliphatic heterocycles. The molecule has 23 heavy (non-hydrogen) atoms. The smallest absolute Gasteiger partial charge is 0.271 e. The van der Waals surface area contributed by atoms with Gasteiger partial charge in [0.2, 0.25) is 0 Å². The molecule has 0 aromatic heterocycles. The second-order valence-corrected chi connectivity index (χ2v) is 5.58. The molecule has 0 fully saturated rings. The van der Waals surface area contributed by atoms with Crippen molar-refractivity contribution in [3.8, 4) is 17.2 Å². The summed E-state index contributed by atoms with van der Waals surface area (Å²) in [5.74, 6) is 1.44. The maximum atomic E-state index is 10.7. The van der Waals surface area contributed by atoms with Crippen molar-refractivity contribution in [1.29, 1.82) is 0 Å². The molecular formula is C15H11Cl2NO5. The van der Waals surface area contributed by atoms with Crippen molar-refractivity contribution in [3.05, 3.63) is 56.1 Å². The van der Waals surface area contributed by atoms with Gasteiger partial charge in [-0.3, -0.25) is 10.1 Å². The van der Waals surface area contributed by atoms with Gasteiger partial charge in [-0.2, -0.15) is 0 Å². The minimum Gasteiger partial charge on any atom is -0.487 e. The number of fused-ring (bicyclic) bond motifs is 1. The molecule has 0 unspecified atom stereocenters. The molecule has 0 amide bonds. The van der Waals surface area contributed by atoms with Crippen LogP contribution in [0.25, 0.3) is 0 Å². The molecule has 0 bridgehead atoms. The van der Waals surface area contributed by atoms with Gasteiger partial charge in [-0.15, -0.1) is 0 Å². The van der Waals surface area contributed by atoms with E-state index in [0.29, 0.717) is 35.5 Å². The Hall–Kier alpha value is -2.18. The summed E-state index contributed by atoms with van der Waals surface area (Å²) in [6.07, 6.45) is 0. The lowest BCUT2D eigenvalue weighted by Gasteiger charge is -2.20. The zero-order valence-electron chi connectivity index (χ0n) is 11.8. The lowest BCUT2D eigenvalue weighted by Crippen LogP contribution is -2.16. The molecule has 0 saturated carbocycles. The van der Waals surface area contributed by atoms with Crippen LogP contribution in [-0.2, 0) is 6.61 Å². The topological polar surface area (TPSA) is 70.8 Å². The summed E-state index contributed by atoms with van der Waals surface area (Å²) >= 11 is 12.1. The highest BCUT2D eigenvalue weighted by molar-refractivity contribution is 6.32. The number of benzene rings is 2. The van der Waals surface area contributed by atoms with E-state index in [4.69, 9.17) is 37.4 Å². The standard InChI is InChI=1S/C15H11Cl2NO5/c16-11-7-10(18(19)20)1-2-13(11)23-8-9-5-12(17)15-14(6-9)21-3-4-22-15/h1-2,5-7H,3-4,8H2. The summed E-state index contributed by atoms with van der Waals surface area (Å²) < 4.78 is 16.5. The highest BCUT2D eigenvalue weighted by Gasteiger charge is 2.17. The molecule has 0 aliphatic carbocycles. The van der Waals surface area contributed by atoms with Crippen LogP contribution in [0.1, 0.15) is 5.56 Å². The summed E-state index contributed by atoms with van der Waals surface area (Å²) in [6.45, 7) is 1.11. The second kappa shape index (κ2) is 6.52. The number of rotatable bonds is 4. The van der Waals surface area contributed by atoms with Gasteiger partial charge in [0.25, 0.3) is 5.69 Å². The van der Waals surface area contributed by atoms with Crippen molar-refractivity contribution >= 4 is 28.9 Å². The summed E-state index contributed by atoms with van der Waals surface area (Å²) in [4.78, 5) is 10.2. The Morgan fingerprint density at radius 1 is 1.13 bits per heavy atom. The second-order valence-electron chi connectivity index (χ2n) is 4.76. The van der Waals surface area contributed by atoms with Gasteiger partial charge in [-0.05, 0) is 23.8 Å². The highest BCUT2D eigenvalue weighted by Crippen LogP contribution is 2.38. The molecule has 120 valence electrons. The fourth-order valence-electron chi connectivity index (χ4n) is 2.13. The van der Waals surface area contributed by atoms with Gasteiger partial charge in [0.15, 0.2) is 11.5 Å². The molecule has 0 spiro atoms. The van der Waals surface area contributed by atoms with Crippen LogP contribution in [0.3, 0.4) is 0 Å². The number of hydrogen-bond acceptors (Lipinski definition) is 5. The van der Waals surface area contributed by atoms with E-state index in [0.717, 1.165) is 5.56 Å². The van der Waals surface area contributed by atoms with E-state index in [1.54, 1.807) is 12.1 Å². The van der Waals surface area contributed by atoms with Gasteiger partial charge in [-0.1, -0.05) is 23.2 Å². The van der Waals surface area contributed by atoms with Crippen molar-refractivity contribution in [2.75, 3.05) is 13.2 Å². The van der Waals surface area contributed by atoms with Gasteiger partial charge in [-0.25, -0.2) is 0 Å². The van der Waals surface area contributed by atoms with Crippen LogP contribution >= 0.6 is 23.2 Å². The third-order valence-electron chi connectivity index (χ3n) is 3.18. The van der Waals surface area contributed by atoms with Crippen molar-refractivity contribution in [2.45, 2.75) is 6.61 Å². The minimum absolute atomic E-state index is 0.0928. The fraction of sp³-hybridized carbons (Fsp3) is 0.200. The molecule has 1 aliphatic rings. The van der Waals surface area contributed by atoms with E-state index in [1.165, 1.54) is 18.2 Å². The van der Waals surface area contributed by atoms with Crippen LogP contribution in [0.5, 0.6) is 17.2 Å². The normalized spacial score (nSPS) is 12.8. The lowest BCUT2D eigenvalue weighted by molar-refractivity contribution is -0.384. The number of halogens is 2. The monoisotopic (exact) mass is 355 g/mol. The molecule has 0 radical (unpaired) electrons. The first-order valence-corrected chi connectivity index (χ1v) is 7.45. The Labute approximate surface area is 141 Å². The highest BCUT2D eigenvalue weighted by atomic mass is 35.5. The zero-order valence-corrected chi connectivity index (χ0v) is 13.3. The molecule has 2 aromatic rings. The summed E-state index contributed by atoms with van der Waals surface area (Å²) in [7, 11) is 0. The van der Waals surface area contributed by atoms with Crippen molar-refractivity contribution in [1.82, 2.24) is 0 Å². The first kappa shape index (κ1) is 15.7. The summed E-state index contributed by atoms with van der Waals surface area (Å²) in [6, 6.07) is 7.53. The lowest BCUT2D eigenvalue weighted by atomic mass is 10.2. The van der Waals surface area contributed by atoms with Crippen LogP contribution in [0.4, 0.5) is 5.69 Å². The number of non-ortho nitro benzene ring substituents is 1. The Balaban J connectivity index is 1.76. The van der Waals surface area contributed by atoms with Crippen molar-refractivity contribution in [2.24, 2.45) is 0 Å². The molecule has 3 rings (SSSR count). The van der Waals surface area contributed by atoms with E-state index in [9.17, 15) is 10.1 Å². The SMILES string of the molecule is O=[N+]([O-])c1ccc(OCc2cc(Cl)c3c(c2)OCCO3)c(Cl)c1. The molecule has 0 saturated heterocycles. The molecule has 1 heterocycles. The van der Waals surface area contributed by atoms with E-state index in [1.807, 2.05) is 0 Å². The largest absolute Gasteiger partial charge is 0.487 e. The first-order chi connectivity index (χ1) is 11.0. The van der Waals surface area contributed by atoms with Gasteiger partial charge in [0.05, 0.1) is 15.0 Å². The Bertz CT molecular complexity index is 766. The van der Waals surface area contributed by atoms with Crippen molar-refractivity contribution < 1.29 is 19.1 Å². The minimum atomic E-state index is -0.518. The molecule has 0 atom stereocenters. The van der Waals surface area contributed by atoms with Gasteiger partial charge < -0.3 is 14.2 Å². The zero-order chi connectivity index (χ0) is 16.4. The summed E-state index contributed by atoms with van der Waals surface area (Å²) in [5, 5.41) is 11.3. The Morgan fingerprint density at radius 3 is 2.65 bits per heavy atom. The van der Waals surface area contributed by atoms with E-state index in [-0.39, 0.29) is 17.3 Å². The van der Waals surface area contributed by atoms with Crippen LogP contribution < -0.4 is 14.2 Å². The van der Waals surface area contributed by atoms with E-state index < -0.39 is 4.92 Å². The number of nitro groups is 1. The molecule has 2 aromatic carbocycles. The van der Waals surface area contributed by atoms with Crippen LogP contribution in [0.2, 0.25) is 10.0 Å². The molecular weight excluding hydrogens is 345 g/mol. The number of ether oxygens (including phenoxy) is 3. The van der Waals surface area contributed by atoms with E-state index >= 15 is 0 Å². The Kier molecular flexibility index (Phi) is 4.45. The van der Waals surface area contributed by atoms with Gasteiger partial charge in [0, 0.05) is 12.1 Å². The fourth-order valence-corrected chi connectivity index (χ4v) is 2.65. The Morgan fingerprint density at radius 2 is 1.91 bits per heavy atom. The van der Waals surface area contributed by atoms with E-state index in [2.05, 4.69) is 0 Å². The molecule has 0 N–H and O–H groups in total. The van der Waals surface area contributed by atoms with Crippen LogP contribution in [0.15, 0.2) is 30.3 Å². The van der Waals surface area contributed by atoms with Crippen LogP contribution in [-0.4, -0.2) is 18.1 Å². The predicted molar refractivity (Wildman–Crippen MR) is 84.9 cm³/mol. The maximum Gasteiger partial charge on any atom is 0.271 e. The average Bonchev–Trinajstić information content (AvgIpc) is 2.53. The molecule has 6 nitrogen and oxygen atoms in total. The third kappa shape index (κ3) is 3.43.